The number of nitrogens with one attached hydrogen (secondary N) is 2. The molecule has 1 aliphatic carbocycles. The molecule has 0 bridgehead atoms. The van der Waals surface area contributed by atoms with Crippen molar-refractivity contribution in [1.82, 2.24) is 24.5 Å². The van der Waals surface area contributed by atoms with Gasteiger partial charge in [0.15, 0.2) is 5.16 Å². The van der Waals surface area contributed by atoms with Crippen molar-refractivity contribution in [3.05, 3.63) is 58.4 Å². The zero-order valence-corrected chi connectivity index (χ0v) is 20.8. The Morgan fingerprint density at radius 2 is 1.92 bits per heavy atom. The zero-order chi connectivity index (χ0) is 25.2. The van der Waals surface area contributed by atoms with Crippen molar-refractivity contribution in [1.29, 1.82) is 0 Å². The van der Waals surface area contributed by atoms with E-state index in [-0.39, 0.29) is 29.2 Å². The monoisotopic (exact) mass is 506 g/mol. The number of aryl methyl sites for hydroxylation is 1. The largest absolute Gasteiger partial charge is 0.495 e. The fraction of sp³-hybridized carbons (Fsp3) is 0.320. The number of fused-ring (bicyclic) bond motifs is 3. The number of hydrogen-bond donors (Lipinski definition) is 2. The van der Waals surface area contributed by atoms with E-state index in [4.69, 9.17) is 4.74 Å². The van der Waals surface area contributed by atoms with Crippen LogP contribution in [-0.4, -0.2) is 49.9 Å². The Hall–Kier alpha value is -3.86. The van der Waals surface area contributed by atoms with Gasteiger partial charge in [0, 0.05) is 18.7 Å². The summed E-state index contributed by atoms with van der Waals surface area (Å²) in [7, 11) is 3.16. The van der Waals surface area contributed by atoms with Crippen molar-refractivity contribution >= 4 is 45.9 Å². The van der Waals surface area contributed by atoms with Crippen LogP contribution in [0.5, 0.6) is 5.75 Å². The molecule has 2 amide bonds. The van der Waals surface area contributed by atoms with Crippen LogP contribution in [0.4, 0.5) is 5.69 Å². The summed E-state index contributed by atoms with van der Waals surface area (Å²) in [6, 6.07) is 12.3. The lowest BCUT2D eigenvalue weighted by Crippen LogP contribution is -2.32. The lowest BCUT2D eigenvalue weighted by Gasteiger charge is -2.13. The van der Waals surface area contributed by atoms with Crippen LogP contribution in [-0.2, 0) is 11.8 Å². The lowest BCUT2D eigenvalue weighted by molar-refractivity contribution is -0.113. The fourth-order valence-corrected chi connectivity index (χ4v) is 5.24. The van der Waals surface area contributed by atoms with Crippen LogP contribution in [0.2, 0.25) is 0 Å². The highest BCUT2D eigenvalue weighted by Gasteiger charge is 2.21. The molecule has 36 heavy (non-hydrogen) atoms. The van der Waals surface area contributed by atoms with E-state index in [1.807, 2.05) is 12.1 Å². The maximum Gasteiger partial charge on any atom is 0.262 e. The van der Waals surface area contributed by atoms with E-state index in [0.29, 0.717) is 38.8 Å². The Balaban J connectivity index is 1.45. The standard InChI is InChI=1S/C25H26N6O4S/c1-30-23(34)17-12-11-15(22(33)26-16-7-3-4-8-16)13-19(17)31-24(30)28-29-25(31)36-14-21(32)27-18-9-5-6-10-20(18)35-2/h5-6,9-13,16H,3-4,7-8,14H2,1-2H3,(H,26,33)(H,27,32). The highest BCUT2D eigenvalue weighted by molar-refractivity contribution is 7.99. The molecule has 186 valence electrons. The molecule has 1 saturated carbocycles. The number of thioether (sulfide) groups is 1. The number of carbonyl (C=O) groups is 2. The molecule has 0 atom stereocenters. The first-order valence-electron chi connectivity index (χ1n) is 11.7. The first-order valence-corrected chi connectivity index (χ1v) is 12.7. The molecule has 0 radical (unpaired) electrons. The highest BCUT2D eigenvalue weighted by Crippen LogP contribution is 2.25. The number of ether oxygens (including phenoxy) is 1. The third-order valence-electron chi connectivity index (χ3n) is 6.36. The van der Waals surface area contributed by atoms with Crippen LogP contribution in [0.15, 0.2) is 52.4 Å². The average molecular weight is 507 g/mol. The third-order valence-corrected chi connectivity index (χ3v) is 7.28. The van der Waals surface area contributed by atoms with Gasteiger partial charge in [-0.2, -0.15) is 0 Å². The molecule has 5 rings (SSSR count). The van der Waals surface area contributed by atoms with Crippen molar-refractivity contribution in [2.75, 3.05) is 18.2 Å². The number of para-hydroxylation sites is 2. The van der Waals surface area contributed by atoms with Crippen LogP contribution >= 0.6 is 11.8 Å². The molecule has 2 aromatic carbocycles. The van der Waals surface area contributed by atoms with Gasteiger partial charge in [0.05, 0.1) is 29.5 Å². The van der Waals surface area contributed by atoms with Gasteiger partial charge in [0.1, 0.15) is 5.75 Å². The predicted octanol–water partition coefficient (Wildman–Crippen LogP) is 2.99. The Morgan fingerprint density at radius 1 is 1.14 bits per heavy atom. The van der Waals surface area contributed by atoms with Gasteiger partial charge in [0.25, 0.3) is 11.5 Å². The van der Waals surface area contributed by atoms with Crippen LogP contribution in [0.25, 0.3) is 16.7 Å². The summed E-state index contributed by atoms with van der Waals surface area (Å²) in [4.78, 5) is 38.5. The van der Waals surface area contributed by atoms with Crippen LogP contribution in [0.1, 0.15) is 36.0 Å². The molecule has 1 fully saturated rings. The minimum atomic E-state index is -0.244. The predicted molar refractivity (Wildman–Crippen MR) is 138 cm³/mol. The maximum atomic E-state index is 12.9. The number of carbonyl (C=O) groups excluding carboxylic acids is 2. The molecular formula is C25H26N6O4S. The number of aromatic nitrogens is 4. The van der Waals surface area contributed by atoms with Crippen molar-refractivity contribution < 1.29 is 14.3 Å². The Morgan fingerprint density at radius 3 is 2.69 bits per heavy atom. The molecule has 4 aromatic rings. The Kier molecular flexibility index (Phi) is 6.64. The number of anilines is 1. The van der Waals surface area contributed by atoms with Crippen LogP contribution < -0.4 is 20.9 Å². The van der Waals surface area contributed by atoms with Crippen LogP contribution in [0.3, 0.4) is 0 Å². The molecule has 1 aliphatic rings. The van der Waals surface area contributed by atoms with Gasteiger partial charge < -0.3 is 15.4 Å². The topological polar surface area (TPSA) is 120 Å². The minimum absolute atomic E-state index is 0.0605. The van der Waals surface area contributed by atoms with Gasteiger partial charge in [-0.05, 0) is 43.2 Å². The van der Waals surface area contributed by atoms with Gasteiger partial charge >= 0.3 is 0 Å². The van der Waals surface area contributed by atoms with Crippen molar-refractivity contribution in [3.63, 3.8) is 0 Å². The SMILES string of the molecule is COc1ccccc1NC(=O)CSc1nnc2n(C)c(=O)c3ccc(C(=O)NC4CCCC4)cc3n12. The van der Waals surface area contributed by atoms with E-state index in [0.717, 1.165) is 25.7 Å². The van der Waals surface area contributed by atoms with E-state index >= 15 is 0 Å². The first-order chi connectivity index (χ1) is 17.5. The quantitative estimate of drug-likeness (QED) is 0.370. The molecule has 11 heteroatoms. The molecule has 0 aliphatic heterocycles. The molecule has 0 spiro atoms. The summed E-state index contributed by atoms with van der Waals surface area (Å²) in [5, 5.41) is 15.2. The maximum absolute atomic E-state index is 12.9. The summed E-state index contributed by atoms with van der Waals surface area (Å²) in [5.41, 5.74) is 1.31. The number of nitrogens with zero attached hydrogens (tertiary/aromatic N) is 4. The second kappa shape index (κ2) is 10.0. The van der Waals surface area contributed by atoms with E-state index in [1.165, 1.54) is 16.3 Å². The van der Waals surface area contributed by atoms with Crippen molar-refractivity contribution in [3.8, 4) is 5.75 Å². The van der Waals surface area contributed by atoms with Gasteiger partial charge in [-0.1, -0.05) is 36.7 Å². The molecule has 2 heterocycles. The number of rotatable bonds is 7. The van der Waals surface area contributed by atoms with E-state index < -0.39 is 0 Å². The highest BCUT2D eigenvalue weighted by atomic mass is 32.2. The van der Waals surface area contributed by atoms with E-state index in [9.17, 15) is 14.4 Å². The molecule has 2 aromatic heterocycles. The number of amides is 2. The first kappa shape index (κ1) is 23.9. The Bertz CT molecular complexity index is 1520. The fourth-order valence-electron chi connectivity index (χ4n) is 4.50. The van der Waals surface area contributed by atoms with E-state index in [2.05, 4.69) is 20.8 Å². The average Bonchev–Trinajstić information content (AvgIpc) is 3.56. The smallest absolute Gasteiger partial charge is 0.262 e. The van der Waals surface area contributed by atoms with Gasteiger partial charge in [-0.25, -0.2) is 0 Å². The number of methoxy groups -OCH3 is 1. The molecule has 10 nitrogen and oxygen atoms in total. The molecule has 0 unspecified atom stereocenters. The molecule has 0 saturated heterocycles. The Labute approximate surface area is 211 Å². The summed E-state index contributed by atoms with van der Waals surface area (Å²) < 4.78 is 8.41. The molecule has 2 N–H and O–H groups in total. The lowest BCUT2D eigenvalue weighted by atomic mass is 10.1. The van der Waals surface area contributed by atoms with Gasteiger partial charge in [-0.15, -0.1) is 10.2 Å². The number of benzene rings is 2. The van der Waals surface area contributed by atoms with Crippen molar-refractivity contribution in [2.24, 2.45) is 7.05 Å². The summed E-state index contributed by atoms with van der Waals surface area (Å²) in [5.74, 6) is 0.537. The summed E-state index contributed by atoms with van der Waals surface area (Å²) in [6.45, 7) is 0. The second-order valence-corrected chi connectivity index (χ2v) is 9.65. The van der Waals surface area contributed by atoms with E-state index in [1.54, 1.807) is 48.9 Å². The van der Waals surface area contributed by atoms with Crippen molar-refractivity contribution in [2.45, 2.75) is 36.9 Å². The van der Waals surface area contributed by atoms with Crippen LogP contribution in [0, 0.1) is 0 Å². The number of hydrogen-bond acceptors (Lipinski definition) is 7. The summed E-state index contributed by atoms with van der Waals surface area (Å²) >= 11 is 1.19. The third kappa shape index (κ3) is 4.53. The molecular weight excluding hydrogens is 480 g/mol. The zero-order valence-electron chi connectivity index (χ0n) is 20.0. The van der Waals surface area contributed by atoms with Gasteiger partial charge in [-0.3, -0.25) is 23.4 Å². The minimum Gasteiger partial charge on any atom is -0.495 e. The van der Waals surface area contributed by atoms with Gasteiger partial charge in [0.2, 0.25) is 11.7 Å². The second-order valence-electron chi connectivity index (χ2n) is 8.71. The summed E-state index contributed by atoms with van der Waals surface area (Å²) in [6.07, 6.45) is 4.19. The normalized spacial score (nSPS) is 13.8.